The van der Waals surface area contributed by atoms with Gasteiger partial charge in [-0.25, -0.2) is 0 Å². The minimum atomic E-state index is 0.00384. The quantitative estimate of drug-likeness (QED) is 0.871. The van der Waals surface area contributed by atoms with E-state index in [2.05, 4.69) is 23.9 Å². The van der Waals surface area contributed by atoms with Crippen molar-refractivity contribution < 1.29 is 0 Å². The molecule has 0 radical (unpaired) electrons. The summed E-state index contributed by atoms with van der Waals surface area (Å²) >= 11 is 0. The molecule has 0 unspecified atom stereocenters. The molecule has 17 heavy (non-hydrogen) atoms. The molecule has 2 heterocycles. The number of H-pyrrole nitrogens is 1. The van der Waals surface area contributed by atoms with Crippen molar-refractivity contribution in [3.8, 4) is 0 Å². The second-order valence-corrected chi connectivity index (χ2v) is 4.49. The maximum atomic E-state index is 11.9. The van der Waals surface area contributed by atoms with Crippen LogP contribution in [-0.2, 0) is 6.54 Å². The molecule has 4 heteroatoms. The van der Waals surface area contributed by atoms with Gasteiger partial charge in [0.1, 0.15) is 5.52 Å². The lowest BCUT2D eigenvalue weighted by Crippen LogP contribution is -2.23. The normalized spacial score (nSPS) is 11.5. The molecule has 0 saturated carbocycles. The number of fused-ring (bicyclic) bond motifs is 1. The van der Waals surface area contributed by atoms with Crippen LogP contribution in [0.25, 0.3) is 10.9 Å². The van der Waals surface area contributed by atoms with Crippen molar-refractivity contribution in [1.82, 2.24) is 14.5 Å². The average molecular weight is 233 g/mol. The minimum absolute atomic E-state index is 0.00384. The first-order valence-corrected chi connectivity index (χ1v) is 5.99. The highest BCUT2D eigenvalue weighted by molar-refractivity contribution is 5.79. The largest absolute Gasteiger partial charge is 0.342 e. The molecule has 2 aromatic heterocycles. The van der Waals surface area contributed by atoms with E-state index in [1.54, 1.807) is 0 Å². The molecule has 1 N–H and O–H groups in total. The predicted octanol–water partition coefficient (Wildman–Crippen LogP) is 1.59. The fraction of sp³-hybridized carbons (Fsp3) is 0.462. The van der Waals surface area contributed by atoms with Gasteiger partial charge in [-0.05, 0) is 32.6 Å². The number of rotatable bonds is 4. The van der Waals surface area contributed by atoms with Gasteiger partial charge in [0.15, 0.2) is 0 Å². The van der Waals surface area contributed by atoms with Crippen LogP contribution in [0, 0.1) is 6.92 Å². The topological polar surface area (TPSA) is 41.0 Å². The fourth-order valence-electron chi connectivity index (χ4n) is 2.00. The van der Waals surface area contributed by atoms with Crippen molar-refractivity contribution in [1.29, 1.82) is 0 Å². The number of likely N-dealkylation sites (N-methyl/N-ethyl adjacent to an activating group) is 1. The molecule has 0 saturated heterocycles. The molecule has 2 aromatic rings. The van der Waals surface area contributed by atoms with E-state index in [1.165, 1.54) is 0 Å². The van der Waals surface area contributed by atoms with Gasteiger partial charge in [-0.2, -0.15) is 0 Å². The number of pyridine rings is 1. The Kier molecular flexibility index (Phi) is 3.33. The molecule has 2 rings (SSSR count). The van der Waals surface area contributed by atoms with Crippen LogP contribution in [0.2, 0.25) is 0 Å². The van der Waals surface area contributed by atoms with Gasteiger partial charge in [0, 0.05) is 30.4 Å². The Bertz CT molecular complexity index is 568. The summed E-state index contributed by atoms with van der Waals surface area (Å²) in [7, 11) is 2.08. The van der Waals surface area contributed by atoms with Crippen molar-refractivity contribution in [3.63, 3.8) is 0 Å². The monoisotopic (exact) mass is 233 g/mol. The maximum absolute atomic E-state index is 11.9. The number of aromatic amines is 1. The molecule has 0 aliphatic carbocycles. The van der Waals surface area contributed by atoms with Gasteiger partial charge >= 0.3 is 0 Å². The van der Waals surface area contributed by atoms with Crippen LogP contribution in [0.1, 0.15) is 12.6 Å². The Morgan fingerprint density at radius 2 is 2.24 bits per heavy atom. The number of hydrogen-bond acceptors (Lipinski definition) is 2. The second kappa shape index (κ2) is 4.75. The van der Waals surface area contributed by atoms with Crippen LogP contribution in [0.4, 0.5) is 0 Å². The number of nitrogens with one attached hydrogen (secondary N) is 1. The third-order valence-electron chi connectivity index (χ3n) is 3.15. The summed E-state index contributed by atoms with van der Waals surface area (Å²) in [5, 5.41) is 1.02. The van der Waals surface area contributed by atoms with E-state index in [9.17, 15) is 4.79 Å². The van der Waals surface area contributed by atoms with E-state index < -0.39 is 0 Å². The van der Waals surface area contributed by atoms with Gasteiger partial charge in [0.2, 0.25) is 0 Å². The lowest BCUT2D eigenvalue weighted by atomic mass is 10.3. The Labute approximate surface area is 101 Å². The molecule has 4 nitrogen and oxygen atoms in total. The van der Waals surface area contributed by atoms with E-state index in [4.69, 9.17) is 0 Å². The first-order chi connectivity index (χ1) is 8.11. The molecule has 0 spiro atoms. The van der Waals surface area contributed by atoms with Gasteiger partial charge in [-0.3, -0.25) is 4.79 Å². The molecule has 0 aromatic carbocycles. The molecule has 0 amide bonds. The Hall–Kier alpha value is -1.55. The number of aromatic nitrogens is 2. The highest BCUT2D eigenvalue weighted by Crippen LogP contribution is 2.12. The molecule has 92 valence electrons. The average Bonchev–Trinajstić information content (AvgIpc) is 2.69. The second-order valence-electron chi connectivity index (χ2n) is 4.49. The van der Waals surface area contributed by atoms with Crippen LogP contribution < -0.4 is 5.56 Å². The van der Waals surface area contributed by atoms with E-state index in [0.29, 0.717) is 0 Å². The van der Waals surface area contributed by atoms with Gasteiger partial charge in [0.05, 0.1) is 0 Å². The van der Waals surface area contributed by atoms with E-state index in [-0.39, 0.29) is 5.56 Å². The zero-order valence-corrected chi connectivity index (χ0v) is 10.7. The zero-order valence-electron chi connectivity index (χ0n) is 10.7. The molecule has 0 atom stereocenters. The van der Waals surface area contributed by atoms with Crippen LogP contribution in [-0.4, -0.2) is 34.6 Å². The summed E-state index contributed by atoms with van der Waals surface area (Å²) in [6, 6.07) is 4.01. The zero-order chi connectivity index (χ0) is 12.4. The lowest BCUT2D eigenvalue weighted by Gasteiger charge is -2.14. The summed E-state index contributed by atoms with van der Waals surface area (Å²) in [5.41, 5.74) is 1.69. The summed E-state index contributed by atoms with van der Waals surface area (Å²) in [6.07, 6.45) is 1.99. The van der Waals surface area contributed by atoms with Crippen molar-refractivity contribution >= 4 is 10.9 Å². The van der Waals surface area contributed by atoms with Gasteiger partial charge in [-0.1, -0.05) is 6.92 Å². The summed E-state index contributed by atoms with van der Waals surface area (Å²) in [4.78, 5) is 17.0. The van der Waals surface area contributed by atoms with Gasteiger partial charge < -0.3 is 14.5 Å². The maximum Gasteiger partial charge on any atom is 0.272 e. The summed E-state index contributed by atoms with van der Waals surface area (Å²) in [6.45, 7) is 6.86. The Balaban J connectivity index is 2.33. The Morgan fingerprint density at radius 3 is 2.94 bits per heavy atom. The number of aryl methyl sites for hydroxylation is 1. The summed E-state index contributed by atoms with van der Waals surface area (Å²) < 4.78 is 2.03. The van der Waals surface area contributed by atoms with E-state index >= 15 is 0 Å². The minimum Gasteiger partial charge on any atom is -0.342 e. The van der Waals surface area contributed by atoms with Crippen molar-refractivity contribution in [2.24, 2.45) is 0 Å². The van der Waals surface area contributed by atoms with E-state index in [1.807, 2.05) is 29.8 Å². The Morgan fingerprint density at radius 1 is 1.47 bits per heavy atom. The predicted molar refractivity (Wildman–Crippen MR) is 70.5 cm³/mol. The van der Waals surface area contributed by atoms with Crippen LogP contribution >= 0.6 is 0 Å². The highest BCUT2D eigenvalue weighted by atomic mass is 16.1. The van der Waals surface area contributed by atoms with Crippen LogP contribution in [0.3, 0.4) is 0 Å². The molecule has 0 aliphatic rings. The molecule has 0 fully saturated rings. The molecular formula is C13H19N3O. The third-order valence-corrected chi connectivity index (χ3v) is 3.15. The van der Waals surface area contributed by atoms with Gasteiger partial charge in [0.25, 0.3) is 5.56 Å². The fourth-order valence-corrected chi connectivity index (χ4v) is 2.00. The van der Waals surface area contributed by atoms with Crippen molar-refractivity contribution in [3.05, 3.63) is 34.4 Å². The van der Waals surface area contributed by atoms with Gasteiger partial charge in [-0.15, -0.1) is 0 Å². The number of hydrogen-bond donors (Lipinski definition) is 1. The lowest BCUT2D eigenvalue weighted by molar-refractivity contribution is 0.337. The van der Waals surface area contributed by atoms with Crippen LogP contribution in [0.5, 0.6) is 0 Å². The van der Waals surface area contributed by atoms with Crippen LogP contribution in [0.15, 0.2) is 23.1 Å². The summed E-state index contributed by atoms with van der Waals surface area (Å²) in [5.74, 6) is 0. The molecular weight excluding hydrogens is 214 g/mol. The first kappa shape index (κ1) is 11.9. The number of nitrogens with zero attached hydrogens (tertiary/aromatic N) is 2. The van der Waals surface area contributed by atoms with Crippen molar-refractivity contribution in [2.75, 3.05) is 20.1 Å². The highest BCUT2D eigenvalue weighted by Gasteiger charge is 2.06. The third kappa shape index (κ3) is 2.42. The smallest absolute Gasteiger partial charge is 0.272 e. The van der Waals surface area contributed by atoms with Crippen molar-refractivity contribution in [2.45, 2.75) is 20.4 Å². The van der Waals surface area contributed by atoms with E-state index in [0.717, 1.165) is 36.2 Å². The SMILES string of the molecule is CCN(C)CCn1ccc2cc(C)[nH]c(=O)c21. The first-order valence-electron chi connectivity index (χ1n) is 5.99. The molecule has 0 bridgehead atoms. The molecule has 0 aliphatic heterocycles. The standard InChI is InChI=1S/C13H19N3O/c1-4-15(3)7-8-16-6-5-11-9-10(2)14-13(17)12(11)16/h5-6,9H,4,7-8H2,1-3H3,(H,14,17).